The lowest BCUT2D eigenvalue weighted by atomic mass is 9.84. The van der Waals surface area contributed by atoms with Crippen molar-refractivity contribution < 1.29 is 77.6 Å². The highest BCUT2D eigenvalue weighted by Gasteiger charge is 2.54. The molecule has 21 N–H and O–H groups in total. The predicted octanol–water partition coefficient (Wildman–Crippen LogP) is -0.187. The van der Waals surface area contributed by atoms with Gasteiger partial charge in [0.1, 0.15) is 67.0 Å². The van der Waals surface area contributed by atoms with Crippen LogP contribution in [-0.4, -0.2) is 260 Å². The summed E-state index contributed by atoms with van der Waals surface area (Å²) in [5, 5.41) is 81.4. The lowest BCUT2D eigenvalue weighted by Crippen LogP contribution is -2.63. The number of benzene rings is 3. The molecule has 5 aliphatic heterocycles. The Morgan fingerprint density at radius 2 is 1.14 bits per heavy atom. The molecule has 3 aromatic carbocycles. The number of aliphatic hydroxyl groups is 2. The normalized spacial score (nSPS) is 23.3. The number of carbonyl (C=O) groups excluding carboxylic acids is 11. The van der Waals surface area contributed by atoms with Crippen LogP contribution in [0.4, 0.5) is 4.79 Å². The van der Waals surface area contributed by atoms with Gasteiger partial charge in [-0.25, -0.2) is 9.59 Å². The van der Waals surface area contributed by atoms with E-state index in [2.05, 4.69) is 47.9 Å². The second-order valence-electron chi connectivity index (χ2n) is 32.2. The summed E-state index contributed by atoms with van der Waals surface area (Å²) in [7, 11) is 0. The first kappa shape index (κ1) is 86.9. The number of aliphatic carboxylic acids is 1. The minimum absolute atomic E-state index is 0.0102. The molecule has 4 saturated heterocycles. The monoisotopic (exact) mass is 1660 g/mol. The van der Waals surface area contributed by atoms with Crippen molar-refractivity contribution in [2.24, 2.45) is 35.0 Å². The predicted molar refractivity (Wildman–Crippen MR) is 436 cm³/mol. The van der Waals surface area contributed by atoms with Crippen LogP contribution in [0.1, 0.15) is 142 Å². The zero-order chi connectivity index (χ0) is 84.7. The number of amides is 11. The Balaban J connectivity index is 0.697. The van der Waals surface area contributed by atoms with Gasteiger partial charge >= 0.3 is 12.1 Å². The second kappa shape index (κ2) is 39.9. The summed E-state index contributed by atoms with van der Waals surface area (Å²) in [6, 6.07) is 12.9. The van der Waals surface area contributed by atoms with Crippen LogP contribution in [0.5, 0.6) is 0 Å². The fraction of sp³-hybridized carbons (Fsp3) is 0.549. The van der Waals surface area contributed by atoms with Crippen LogP contribution < -0.4 is 65.1 Å². The first-order valence-corrected chi connectivity index (χ1v) is 42.1. The zero-order valence-corrected chi connectivity index (χ0v) is 67.2. The summed E-state index contributed by atoms with van der Waals surface area (Å²) >= 11 is 1.26. The highest BCUT2D eigenvalue weighted by molar-refractivity contribution is 7.09. The molecule has 15 unspecified atom stereocenters. The molecule has 2 saturated carbocycles. The van der Waals surface area contributed by atoms with Gasteiger partial charge in [-0.2, -0.15) is 0 Å². The maximum atomic E-state index is 15.5. The minimum Gasteiger partial charge on any atom is -0.480 e. The van der Waals surface area contributed by atoms with E-state index < -0.39 is 157 Å². The quantitative estimate of drug-likeness (QED) is 0.0164. The molecule has 36 nitrogen and oxygen atoms in total. The van der Waals surface area contributed by atoms with E-state index in [1.807, 2.05) is 54.6 Å². The zero-order valence-electron chi connectivity index (χ0n) is 66.4. The number of hydrogen-bond donors (Lipinski definition) is 18. The van der Waals surface area contributed by atoms with Crippen molar-refractivity contribution >= 4 is 100 Å². The highest BCUT2D eigenvalue weighted by atomic mass is 32.1. The van der Waals surface area contributed by atoms with E-state index in [0.29, 0.717) is 36.1 Å². The van der Waals surface area contributed by atoms with E-state index in [0.717, 1.165) is 58.4 Å². The van der Waals surface area contributed by atoms with E-state index in [9.17, 15) is 53.7 Å². The molecule has 640 valence electrons. The van der Waals surface area contributed by atoms with E-state index in [1.54, 1.807) is 35.7 Å². The van der Waals surface area contributed by atoms with Crippen LogP contribution in [-0.2, 0) is 76.9 Å². The Labute approximate surface area is 692 Å². The number of fused-ring (bicyclic) bond motifs is 6. The molecule has 15 atom stereocenters. The summed E-state index contributed by atoms with van der Waals surface area (Å²) in [6.45, 7) is -1.52. The summed E-state index contributed by atoms with van der Waals surface area (Å²) < 4.78 is 6.12. The first-order chi connectivity index (χ1) is 57.3. The maximum absolute atomic E-state index is 15.5. The molecule has 0 bridgehead atoms. The average molecular weight is 1660 g/mol. The molecule has 4 aromatic rings. The fourth-order valence-electron chi connectivity index (χ4n) is 18.8. The Bertz CT molecular complexity index is 4390. The van der Waals surface area contributed by atoms with Gasteiger partial charge in [0, 0.05) is 81.9 Å². The number of nitrogens with one attached hydrogen (secondary N) is 12. The highest BCUT2D eigenvalue weighted by Crippen LogP contribution is 2.47. The van der Waals surface area contributed by atoms with E-state index in [-0.39, 0.29) is 165 Å². The van der Waals surface area contributed by atoms with Crippen LogP contribution in [0.3, 0.4) is 0 Å². The van der Waals surface area contributed by atoms with Crippen LogP contribution in [0.25, 0.3) is 11.1 Å². The molecule has 8 aliphatic rings. The van der Waals surface area contributed by atoms with Gasteiger partial charge in [0.05, 0.1) is 19.3 Å². The number of hydrogen-bond acceptors (Lipinski definition) is 19. The molecule has 1 aromatic heterocycles. The van der Waals surface area contributed by atoms with Crippen LogP contribution in [0, 0.1) is 34.0 Å². The molecule has 3 aliphatic carbocycles. The van der Waals surface area contributed by atoms with Gasteiger partial charge in [0.25, 0.3) is 0 Å². The smallest absolute Gasteiger partial charge is 0.410 e. The Hall–Kier alpha value is -11.5. The minimum atomic E-state index is -1.70. The van der Waals surface area contributed by atoms with Crippen LogP contribution in [0.2, 0.25) is 0 Å². The van der Waals surface area contributed by atoms with Gasteiger partial charge < -0.3 is 105 Å². The van der Waals surface area contributed by atoms with Gasteiger partial charge in [-0.1, -0.05) is 98.1 Å². The lowest BCUT2D eigenvalue weighted by molar-refractivity contribution is -0.153. The van der Waals surface area contributed by atoms with Crippen molar-refractivity contribution in [2.75, 3.05) is 59.0 Å². The molecule has 6 heterocycles. The molecule has 11 amide bonds. The third-order valence-electron chi connectivity index (χ3n) is 24.6. The van der Waals surface area contributed by atoms with Crippen molar-refractivity contribution in [1.82, 2.24) is 72.4 Å². The summed E-state index contributed by atoms with van der Waals surface area (Å²) in [5.74, 6) is -10.4. The summed E-state index contributed by atoms with van der Waals surface area (Å²) in [5.41, 5.74) is 22.2. The largest absolute Gasteiger partial charge is 0.480 e. The fourth-order valence-corrected chi connectivity index (χ4v) is 19.6. The summed E-state index contributed by atoms with van der Waals surface area (Å²) in [6.07, 6.45) is 3.93. The lowest BCUT2D eigenvalue weighted by Gasteiger charge is -2.42. The van der Waals surface area contributed by atoms with E-state index in [4.69, 9.17) is 38.2 Å². The van der Waals surface area contributed by atoms with Gasteiger partial charge in [-0.05, 0) is 146 Å². The number of nitrogens with two attached hydrogens (primary N) is 3. The molecular formula is C82H110N20O16S. The maximum Gasteiger partial charge on any atom is 0.410 e. The first-order valence-electron chi connectivity index (χ1n) is 41.3. The molecule has 0 radical (unpaired) electrons. The third-order valence-corrected chi connectivity index (χ3v) is 25.5. The number of carboxylic acids is 1. The van der Waals surface area contributed by atoms with Gasteiger partial charge in [0.2, 0.25) is 59.1 Å². The third kappa shape index (κ3) is 20.8. The molecule has 12 rings (SSSR count). The Morgan fingerprint density at radius 1 is 0.538 bits per heavy atom. The molecule has 37 heteroatoms. The number of aliphatic hydroxyl groups excluding tert-OH is 2. The number of carbonyl (C=O) groups is 12. The number of likely N-dealkylation sites (tertiary alicyclic amines) is 4. The van der Waals surface area contributed by atoms with Gasteiger partial charge in [-0.3, -0.25) is 69.1 Å². The number of ether oxygens (including phenoxy) is 1. The van der Waals surface area contributed by atoms with Crippen molar-refractivity contribution in [1.29, 1.82) is 16.2 Å². The van der Waals surface area contributed by atoms with E-state index >= 15 is 19.2 Å². The summed E-state index contributed by atoms with van der Waals surface area (Å²) in [4.78, 5) is 182. The van der Waals surface area contributed by atoms with Gasteiger partial charge in [0.15, 0.2) is 17.9 Å². The van der Waals surface area contributed by atoms with Crippen LogP contribution in [0.15, 0.2) is 90.3 Å². The van der Waals surface area contributed by atoms with Crippen molar-refractivity contribution in [3.8, 4) is 11.1 Å². The number of rotatable bonds is 34. The van der Waals surface area contributed by atoms with Crippen LogP contribution >= 0.6 is 11.3 Å². The second-order valence-corrected chi connectivity index (χ2v) is 33.3. The molecule has 119 heavy (non-hydrogen) atoms. The van der Waals surface area contributed by atoms with Crippen molar-refractivity contribution in [2.45, 2.75) is 207 Å². The van der Waals surface area contributed by atoms with Gasteiger partial charge in [-0.15, -0.1) is 11.3 Å². The standard InChI is InChI=1S/C82H110N20O16S/c83-79(84)89-30-10-25-57(94-73(110)68-51-24-9-18-48(51)41-101(68)82(117)118-44-56-54-22-6-4-20-52(54)53-21-5-7-23-55(53)56)69(106)95-58(26-11-31-90-80(85)86)74(111)98-33-13-29-63(98)76(113)100-42-49(104)37-64(100)71(108)92-39-67(105)93-60(38-50-19-14-34-119-50)70(107)97-61(43-103)75(112)99-40-47-17-2-1-15-45(47)35-66(99)77(114)102-62-28-8-3-16-46(62)36-65(102)72(109)96-59(78(115)116)27-12-32-91-81(87)88/h1-2,4-7,14-15,17,19-23,34,46,48-49,51,56-66,68,103-104H,3,8-13,16,18,24-33,35-44H2,(H,92,108)(H,93,105)(H,94,110)(H,95,106)(H,96,109)(H,97,107)(H,115,116)(H4,83,84,89)(H4,85,86,90)(H4,87,88,91). The Kier molecular flexibility index (Phi) is 29.1. The number of nitrogens with zero attached hydrogens (tertiary/aromatic N) is 5. The number of β-amino-alcohol motifs (C(OH)–C–C–N with tert-alkyl or cyclic N) is 1. The van der Waals surface area contributed by atoms with Crippen molar-refractivity contribution in [3.63, 3.8) is 0 Å². The molecule has 6 fully saturated rings. The molecule has 0 spiro atoms. The number of guanidine groups is 3. The Morgan fingerprint density at radius 3 is 1.80 bits per heavy atom. The number of thiophene rings is 1. The SMILES string of the molecule is N=C(N)NCCCC(NC(=O)C1CC2CCCCC2N1C(=O)C1Cc2ccccc2CN1C(=O)C(CO)NC(=O)C(Cc1cccs1)NC(=O)CNC(=O)C1CC(O)CN1C(=O)C1CCCN1C(=O)C(CCCNC(=N)N)NC(=O)C(CCCNC(=N)N)NC(=O)C1C2CCCC2CN1C(=O)OCC1c2ccccc2-c2ccccc21)C(=O)O. The molecular weight excluding hydrogens is 1550 g/mol. The average Bonchev–Trinajstić information content (AvgIpc) is 1.53. The van der Waals surface area contributed by atoms with Crippen molar-refractivity contribution in [3.05, 3.63) is 117 Å². The number of carboxylic acid groups (broad SMARTS) is 1. The van der Waals surface area contributed by atoms with E-state index in [1.165, 1.54) is 30.9 Å². The topological polar surface area (TPSA) is 549 Å².